The van der Waals surface area contributed by atoms with Crippen molar-refractivity contribution in [1.29, 1.82) is 0 Å². The van der Waals surface area contributed by atoms with Crippen molar-refractivity contribution < 1.29 is 18.8 Å². The van der Waals surface area contributed by atoms with Crippen LogP contribution >= 0.6 is 0 Å². The van der Waals surface area contributed by atoms with E-state index >= 15 is 0 Å². The number of nitrogens with zero attached hydrogens (tertiary/aromatic N) is 2. The van der Waals surface area contributed by atoms with E-state index in [1.165, 1.54) is 0 Å². The average Bonchev–Trinajstić information content (AvgIpc) is 2.44. The summed E-state index contributed by atoms with van der Waals surface area (Å²) in [5.74, 6) is 2.79. The third kappa shape index (κ3) is 3.29. The quantitative estimate of drug-likeness (QED) is 0.472. The highest BCUT2D eigenvalue weighted by atomic mass is 16.5. The van der Waals surface area contributed by atoms with E-state index in [2.05, 4.69) is 6.58 Å². The summed E-state index contributed by atoms with van der Waals surface area (Å²) < 4.78 is 18.3. The third-order valence-electron chi connectivity index (χ3n) is 3.15. The summed E-state index contributed by atoms with van der Waals surface area (Å²) in [6, 6.07) is 3.78. The van der Waals surface area contributed by atoms with Crippen LogP contribution in [-0.4, -0.2) is 64.8 Å². The first kappa shape index (κ1) is 16.9. The number of amidine groups is 1. The molecule has 5 nitrogen and oxygen atoms in total. The summed E-state index contributed by atoms with van der Waals surface area (Å²) in [5, 5.41) is 0. The predicted octanol–water partition coefficient (Wildman–Crippen LogP) is 1.96. The topological polar surface area (TPSA) is 33.9 Å². The van der Waals surface area contributed by atoms with Gasteiger partial charge in [-0.3, -0.25) is 9.48 Å². The number of likely N-dealkylation sites (N-methyl/N-ethyl adjacent to an activating group) is 1. The standard InChI is InChI=1S/C16H25N2O3/c1-11(16(17(2)3)18(4)5)12-9-10-13(19-6)15(21-8)14(12)20-7/h9-10H,1H2,2-8H3/q+1. The third-order valence-corrected chi connectivity index (χ3v) is 3.15. The first-order valence-corrected chi connectivity index (χ1v) is 6.59. The smallest absolute Gasteiger partial charge is 0.278 e. The molecule has 0 bridgehead atoms. The molecule has 21 heavy (non-hydrogen) atoms. The maximum atomic E-state index is 5.52. The molecule has 0 heterocycles. The molecule has 0 aliphatic carbocycles. The Hall–Kier alpha value is -2.17. The number of rotatable bonds is 5. The lowest BCUT2D eigenvalue weighted by atomic mass is 10.0. The Morgan fingerprint density at radius 2 is 1.57 bits per heavy atom. The summed E-state index contributed by atoms with van der Waals surface area (Å²) in [6.07, 6.45) is 0. The van der Waals surface area contributed by atoms with Crippen molar-refractivity contribution in [3.63, 3.8) is 0 Å². The molecule has 0 N–H and O–H groups in total. The van der Waals surface area contributed by atoms with Crippen molar-refractivity contribution in [2.24, 2.45) is 0 Å². The minimum absolute atomic E-state index is 0.565. The van der Waals surface area contributed by atoms with Crippen LogP contribution in [0.4, 0.5) is 0 Å². The molecule has 5 heteroatoms. The Labute approximate surface area is 127 Å². The van der Waals surface area contributed by atoms with Crippen LogP contribution in [-0.2, 0) is 0 Å². The molecular formula is C16H25N2O3+. The highest BCUT2D eigenvalue weighted by Gasteiger charge is 2.24. The van der Waals surface area contributed by atoms with Gasteiger partial charge in [-0.2, -0.15) is 0 Å². The zero-order valence-corrected chi connectivity index (χ0v) is 14.0. The minimum Gasteiger partial charge on any atom is -0.493 e. The second-order valence-corrected chi connectivity index (χ2v) is 4.97. The highest BCUT2D eigenvalue weighted by Crippen LogP contribution is 2.42. The number of benzene rings is 1. The average molecular weight is 293 g/mol. The Bertz CT molecular complexity index is 559. The van der Waals surface area contributed by atoms with Gasteiger partial charge in [0, 0.05) is 5.56 Å². The lowest BCUT2D eigenvalue weighted by Gasteiger charge is -2.19. The van der Waals surface area contributed by atoms with Crippen LogP contribution < -0.4 is 14.2 Å². The zero-order valence-electron chi connectivity index (χ0n) is 14.0. The lowest BCUT2D eigenvalue weighted by molar-refractivity contribution is -0.468. The molecule has 0 fully saturated rings. The van der Waals surface area contributed by atoms with Crippen LogP contribution in [0.3, 0.4) is 0 Å². The minimum atomic E-state index is 0.565. The normalized spacial score (nSPS) is 9.86. The van der Waals surface area contributed by atoms with E-state index in [9.17, 15) is 0 Å². The van der Waals surface area contributed by atoms with Crippen LogP contribution in [0.15, 0.2) is 18.7 Å². The Kier molecular flexibility index (Phi) is 5.64. The second kappa shape index (κ2) is 7.02. The fourth-order valence-corrected chi connectivity index (χ4v) is 2.40. The number of ether oxygens (including phenoxy) is 3. The van der Waals surface area contributed by atoms with Crippen molar-refractivity contribution in [3.05, 3.63) is 24.3 Å². The van der Waals surface area contributed by atoms with Gasteiger partial charge in [-0.15, -0.1) is 0 Å². The highest BCUT2D eigenvalue weighted by molar-refractivity contribution is 6.20. The molecule has 0 saturated heterocycles. The van der Waals surface area contributed by atoms with E-state index in [1.807, 2.05) is 49.8 Å². The Balaban J connectivity index is 3.51. The van der Waals surface area contributed by atoms with Crippen molar-refractivity contribution >= 4 is 11.4 Å². The van der Waals surface area contributed by atoms with E-state index in [0.29, 0.717) is 17.2 Å². The van der Waals surface area contributed by atoms with Crippen molar-refractivity contribution in [2.45, 2.75) is 0 Å². The summed E-state index contributed by atoms with van der Waals surface area (Å²) >= 11 is 0. The number of methoxy groups -OCH3 is 3. The molecule has 0 unspecified atom stereocenters. The van der Waals surface area contributed by atoms with Gasteiger partial charge in [0.1, 0.15) is 0 Å². The monoisotopic (exact) mass is 293 g/mol. The first-order valence-electron chi connectivity index (χ1n) is 6.59. The maximum absolute atomic E-state index is 5.52. The fraction of sp³-hybridized carbons (Fsp3) is 0.438. The molecule has 0 atom stereocenters. The lowest BCUT2D eigenvalue weighted by Crippen LogP contribution is -2.30. The molecular weight excluding hydrogens is 268 g/mol. The number of hydrogen-bond acceptors (Lipinski definition) is 3. The van der Waals surface area contributed by atoms with Gasteiger partial charge in [0.15, 0.2) is 11.5 Å². The van der Waals surface area contributed by atoms with Gasteiger partial charge < -0.3 is 14.2 Å². The van der Waals surface area contributed by atoms with Gasteiger partial charge in [-0.05, 0) is 12.1 Å². The molecule has 0 aliphatic heterocycles. The molecule has 0 amide bonds. The molecule has 1 rings (SSSR count). The van der Waals surface area contributed by atoms with Crippen molar-refractivity contribution in [2.75, 3.05) is 49.5 Å². The van der Waals surface area contributed by atoms with Gasteiger partial charge in [0.25, 0.3) is 5.84 Å². The van der Waals surface area contributed by atoms with Gasteiger partial charge in [0.2, 0.25) is 5.75 Å². The van der Waals surface area contributed by atoms with Crippen LogP contribution in [0.25, 0.3) is 5.57 Å². The summed E-state index contributed by atoms with van der Waals surface area (Å²) in [5.41, 5.74) is 1.72. The van der Waals surface area contributed by atoms with Gasteiger partial charge in [-0.1, -0.05) is 6.58 Å². The van der Waals surface area contributed by atoms with Crippen molar-refractivity contribution in [1.82, 2.24) is 4.90 Å². The summed E-state index contributed by atoms with van der Waals surface area (Å²) in [4.78, 5) is 2.01. The fourth-order valence-electron chi connectivity index (χ4n) is 2.40. The molecule has 1 aromatic carbocycles. The van der Waals surface area contributed by atoms with Crippen LogP contribution in [0.5, 0.6) is 17.2 Å². The molecule has 1 aromatic rings. The molecule has 0 spiro atoms. The van der Waals surface area contributed by atoms with Crippen molar-refractivity contribution in [3.8, 4) is 17.2 Å². The van der Waals surface area contributed by atoms with E-state index < -0.39 is 0 Å². The van der Waals surface area contributed by atoms with Gasteiger partial charge in [-0.25, -0.2) is 0 Å². The first-order chi connectivity index (χ1) is 9.88. The van der Waals surface area contributed by atoms with Gasteiger partial charge in [0.05, 0.1) is 55.1 Å². The van der Waals surface area contributed by atoms with Crippen LogP contribution in [0.1, 0.15) is 5.56 Å². The largest absolute Gasteiger partial charge is 0.493 e. The molecule has 0 aromatic heterocycles. The van der Waals surface area contributed by atoms with E-state index in [1.54, 1.807) is 21.3 Å². The van der Waals surface area contributed by atoms with E-state index in [-0.39, 0.29) is 0 Å². The predicted molar refractivity (Wildman–Crippen MR) is 85.9 cm³/mol. The van der Waals surface area contributed by atoms with Crippen LogP contribution in [0.2, 0.25) is 0 Å². The molecule has 0 saturated carbocycles. The maximum Gasteiger partial charge on any atom is 0.278 e. The Morgan fingerprint density at radius 3 is 1.95 bits per heavy atom. The second-order valence-electron chi connectivity index (χ2n) is 4.97. The summed E-state index contributed by atoms with van der Waals surface area (Å²) in [7, 11) is 12.7. The molecule has 116 valence electrons. The summed E-state index contributed by atoms with van der Waals surface area (Å²) in [6.45, 7) is 4.21. The molecule has 0 radical (unpaired) electrons. The number of hydrogen-bond donors (Lipinski definition) is 0. The zero-order chi connectivity index (χ0) is 16.2. The van der Waals surface area contributed by atoms with E-state index in [0.717, 1.165) is 17.0 Å². The van der Waals surface area contributed by atoms with Gasteiger partial charge >= 0.3 is 0 Å². The van der Waals surface area contributed by atoms with E-state index in [4.69, 9.17) is 14.2 Å². The van der Waals surface area contributed by atoms with Crippen LogP contribution in [0, 0.1) is 0 Å². The Morgan fingerprint density at radius 1 is 1.00 bits per heavy atom. The SMILES string of the molecule is C=C(C(N(C)C)=[N+](C)C)c1ccc(OC)c(OC)c1OC. The molecule has 0 aliphatic rings.